The first kappa shape index (κ1) is 8.62. The van der Waals surface area contributed by atoms with Crippen LogP contribution in [0.25, 0.3) is 0 Å². The van der Waals surface area contributed by atoms with Gasteiger partial charge in [0, 0.05) is 12.5 Å². The highest BCUT2D eigenvalue weighted by atomic mass is 14.6. The van der Waals surface area contributed by atoms with Gasteiger partial charge in [-0.15, -0.1) is 11.8 Å². The third-order valence-corrected chi connectivity index (χ3v) is 2.40. The molecule has 2 N–H and O–H groups in total. The average molecular weight is 151 g/mol. The van der Waals surface area contributed by atoms with Gasteiger partial charge in [-0.3, -0.25) is 0 Å². The van der Waals surface area contributed by atoms with Crippen molar-refractivity contribution in [2.45, 2.75) is 45.6 Å². The van der Waals surface area contributed by atoms with Crippen molar-refractivity contribution in [3.63, 3.8) is 0 Å². The van der Waals surface area contributed by atoms with Crippen LogP contribution >= 0.6 is 0 Å². The summed E-state index contributed by atoms with van der Waals surface area (Å²) in [7, 11) is 0. The smallest absolute Gasteiger partial charge is 0.0241 e. The van der Waals surface area contributed by atoms with E-state index in [1.807, 2.05) is 6.92 Å². The van der Waals surface area contributed by atoms with Crippen LogP contribution in [0.3, 0.4) is 0 Å². The molecule has 1 unspecified atom stereocenters. The van der Waals surface area contributed by atoms with Crippen molar-refractivity contribution < 1.29 is 0 Å². The molecule has 0 heterocycles. The van der Waals surface area contributed by atoms with Gasteiger partial charge < -0.3 is 5.73 Å². The normalized spacial score (nSPS) is 21.7. The zero-order valence-electron chi connectivity index (χ0n) is 7.48. The minimum atomic E-state index is 0.301. The van der Waals surface area contributed by atoms with E-state index in [-0.39, 0.29) is 0 Å². The van der Waals surface area contributed by atoms with Gasteiger partial charge in [0.2, 0.25) is 0 Å². The minimum Gasteiger partial charge on any atom is -0.327 e. The molecule has 11 heavy (non-hydrogen) atoms. The quantitative estimate of drug-likeness (QED) is 0.613. The molecule has 0 aromatic carbocycles. The topological polar surface area (TPSA) is 26.0 Å². The van der Waals surface area contributed by atoms with Gasteiger partial charge in [-0.1, -0.05) is 6.92 Å². The molecule has 1 nitrogen and oxygen atoms in total. The van der Waals surface area contributed by atoms with Crippen molar-refractivity contribution in [1.82, 2.24) is 0 Å². The molecule has 1 rings (SSSR count). The zero-order chi connectivity index (χ0) is 8.32. The van der Waals surface area contributed by atoms with Crippen LogP contribution in [0, 0.1) is 17.3 Å². The van der Waals surface area contributed by atoms with Crippen molar-refractivity contribution >= 4 is 0 Å². The monoisotopic (exact) mass is 151 g/mol. The van der Waals surface area contributed by atoms with Crippen LogP contribution < -0.4 is 5.73 Å². The predicted molar refractivity (Wildman–Crippen MR) is 48.0 cm³/mol. The summed E-state index contributed by atoms with van der Waals surface area (Å²) in [4.78, 5) is 0. The molecule has 62 valence electrons. The van der Waals surface area contributed by atoms with Crippen LogP contribution in [0.15, 0.2) is 0 Å². The van der Waals surface area contributed by atoms with Gasteiger partial charge in [-0.25, -0.2) is 0 Å². The average Bonchev–Trinajstić information content (AvgIpc) is 2.63. The van der Waals surface area contributed by atoms with Crippen molar-refractivity contribution in [3.8, 4) is 11.8 Å². The van der Waals surface area contributed by atoms with Crippen LogP contribution in [-0.2, 0) is 0 Å². The SMILES string of the molecule is CC#CCC(N)CC1(C)CC1. The maximum Gasteiger partial charge on any atom is 0.0241 e. The fraction of sp³-hybridized carbons (Fsp3) is 0.800. The Hall–Kier alpha value is -0.480. The molecule has 1 fully saturated rings. The van der Waals surface area contributed by atoms with Crippen LogP contribution in [0.5, 0.6) is 0 Å². The molecule has 0 aromatic heterocycles. The Morgan fingerprint density at radius 2 is 2.18 bits per heavy atom. The summed E-state index contributed by atoms with van der Waals surface area (Å²) in [5.41, 5.74) is 6.46. The summed E-state index contributed by atoms with van der Waals surface area (Å²) in [6.45, 7) is 4.18. The van der Waals surface area contributed by atoms with Gasteiger partial charge in [0.05, 0.1) is 0 Å². The second-order valence-corrected chi connectivity index (χ2v) is 3.91. The molecular weight excluding hydrogens is 134 g/mol. The number of hydrogen-bond donors (Lipinski definition) is 1. The van der Waals surface area contributed by atoms with Crippen molar-refractivity contribution in [1.29, 1.82) is 0 Å². The summed E-state index contributed by atoms with van der Waals surface area (Å²) in [5, 5.41) is 0. The molecule has 0 radical (unpaired) electrons. The highest BCUT2D eigenvalue weighted by Crippen LogP contribution is 2.48. The van der Waals surface area contributed by atoms with E-state index in [0.29, 0.717) is 11.5 Å². The lowest BCUT2D eigenvalue weighted by molar-refractivity contribution is 0.451. The van der Waals surface area contributed by atoms with Crippen LogP contribution in [0.2, 0.25) is 0 Å². The Morgan fingerprint density at radius 3 is 2.64 bits per heavy atom. The van der Waals surface area contributed by atoms with Gasteiger partial charge in [-0.05, 0) is 31.6 Å². The molecule has 0 spiro atoms. The Bertz CT molecular complexity index is 181. The molecule has 1 atom stereocenters. The maximum atomic E-state index is 5.88. The van der Waals surface area contributed by atoms with E-state index in [1.165, 1.54) is 12.8 Å². The summed E-state index contributed by atoms with van der Waals surface area (Å²) in [6, 6.07) is 0.301. The predicted octanol–water partition coefficient (Wildman–Crippen LogP) is 1.92. The summed E-state index contributed by atoms with van der Waals surface area (Å²) in [5.74, 6) is 5.90. The van der Waals surface area contributed by atoms with E-state index >= 15 is 0 Å². The lowest BCUT2D eigenvalue weighted by atomic mass is 9.98. The molecule has 1 aliphatic carbocycles. The first-order valence-electron chi connectivity index (χ1n) is 4.31. The first-order chi connectivity index (χ1) is 5.16. The molecule has 0 amide bonds. The van der Waals surface area contributed by atoms with Gasteiger partial charge in [-0.2, -0.15) is 0 Å². The number of hydrogen-bond acceptors (Lipinski definition) is 1. The van der Waals surface area contributed by atoms with Crippen LogP contribution in [0.4, 0.5) is 0 Å². The number of nitrogens with two attached hydrogens (primary N) is 1. The molecule has 0 aliphatic heterocycles. The molecule has 0 saturated heterocycles. The van der Waals surface area contributed by atoms with Gasteiger partial charge in [0.25, 0.3) is 0 Å². The fourth-order valence-electron chi connectivity index (χ4n) is 1.36. The third kappa shape index (κ3) is 2.95. The molecule has 1 saturated carbocycles. The van der Waals surface area contributed by atoms with E-state index in [0.717, 1.165) is 12.8 Å². The largest absolute Gasteiger partial charge is 0.327 e. The third-order valence-electron chi connectivity index (χ3n) is 2.40. The molecule has 0 aromatic rings. The summed E-state index contributed by atoms with van der Waals surface area (Å²) in [6.07, 6.45) is 4.74. The zero-order valence-corrected chi connectivity index (χ0v) is 7.48. The Balaban J connectivity index is 2.18. The lowest BCUT2D eigenvalue weighted by Crippen LogP contribution is -2.22. The molecule has 0 bridgehead atoms. The fourth-order valence-corrected chi connectivity index (χ4v) is 1.36. The van der Waals surface area contributed by atoms with Crippen molar-refractivity contribution in [3.05, 3.63) is 0 Å². The van der Waals surface area contributed by atoms with Gasteiger partial charge >= 0.3 is 0 Å². The molecule has 1 heteroatoms. The van der Waals surface area contributed by atoms with Crippen molar-refractivity contribution in [2.75, 3.05) is 0 Å². The van der Waals surface area contributed by atoms with E-state index in [9.17, 15) is 0 Å². The van der Waals surface area contributed by atoms with Crippen molar-refractivity contribution in [2.24, 2.45) is 11.1 Å². The van der Waals surface area contributed by atoms with E-state index in [4.69, 9.17) is 5.73 Å². The maximum absolute atomic E-state index is 5.88. The number of rotatable bonds is 3. The second-order valence-electron chi connectivity index (χ2n) is 3.91. The Morgan fingerprint density at radius 1 is 1.55 bits per heavy atom. The lowest BCUT2D eigenvalue weighted by Gasteiger charge is -2.12. The molecular formula is C10H17N. The summed E-state index contributed by atoms with van der Waals surface area (Å²) < 4.78 is 0. The standard InChI is InChI=1S/C10H17N/c1-3-4-5-9(11)8-10(2)6-7-10/h9H,5-8,11H2,1-2H3. The molecule has 1 aliphatic rings. The first-order valence-corrected chi connectivity index (χ1v) is 4.31. The van der Waals surface area contributed by atoms with Gasteiger partial charge in [0.1, 0.15) is 0 Å². The van der Waals surface area contributed by atoms with Crippen LogP contribution in [-0.4, -0.2) is 6.04 Å². The second kappa shape index (κ2) is 3.28. The van der Waals surface area contributed by atoms with E-state index in [2.05, 4.69) is 18.8 Å². The van der Waals surface area contributed by atoms with Crippen LogP contribution in [0.1, 0.15) is 39.5 Å². The Labute approximate surface area is 69.4 Å². The van der Waals surface area contributed by atoms with E-state index < -0.39 is 0 Å². The Kier molecular flexibility index (Phi) is 2.57. The summed E-state index contributed by atoms with van der Waals surface area (Å²) >= 11 is 0. The highest BCUT2D eigenvalue weighted by Gasteiger charge is 2.37. The highest BCUT2D eigenvalue weighted by molar-refractivity contribution is 5.00. The van der Waals surface area contributed by atoms with Gasteiger partial charge in [0.15, 0.2) is 0 Å². The van der Waals surface area contributed by atoms with E-state index in [1.54, 1.807) is 0 Å². The minimum absolute atomic E-state index is 0.301.